The molecule has 0 N–H and O–H groups in total. The van der Waals surface area contributed by atoms with Crippen LogP contribution in [0.5, 0.6) is 5.75 Å². The number of carbonyl (C=O) groups excluding carboxylic acids is 2. The fourth-order valence-corrected chi connectivity index (χ4v) is 4.41. The van der Waals surface area contributed by atoms with E-state index in [9.17, 15) is 9.59 Å². The number of para-hydroxylation sites is 2. The summed E-state index contributed by atoms with van der Waals surface area (Å²) in [6.45, 7) is 0. The first-order chi connectivity index (χ1) is 11.7. The van der Waals surface area contributed by atoms with Gasteiger partial charge in [0.05, 0.1) is 24.6 Å². The third-order valence-electron chi connectivity index (χ3n) is 5.41. The number of fused-ring (bicyclic) bond motifs is 4. The Bertz CT molecular complexity index is 892. The summed E-state index contributed by atoms with van der Waals surface area (Å²) in [7, 11) is 1.40. The van der Waals surface area contributed by atoms with Crippen LogP contribution in [0.3, 0.4) is 0 Å². The van der Waals surface area contributed by atoms with Crippen molar-refractivity contribution >= 4 is 17.6 Å². The first-order valence-corrected chi connectivity index (χ1v) is 7.97. The van der Waals surface area contributed by atoms with Gasteiger partial charge in [0, 0.05) is 12.0 Å². The number of hydrogen-bond donors (Lipinski definition) is 0. The van der Waals surface area contributed by atoms with E-state index in [4.69, 9.17) is 9.47 Å². The predicted molar refractivity (Wildman–Crippen MR) is 85.9 cm³/mol. The molecule has 2 heterocycles. The van der Waals surface area contributed by atoms with Gasteiger partial charge in [-0.15, -0.1) is 0 Å². The van der Waals surface area contributed by atoms with Crippen molar-refractivity contribution in [1.29, 1.82) is 0 Å². The lowest BCUT2D eigenvalue weighted by atomic mass is 9.59. The predicted octanol–water partition coefficient (Wildman–Crippen LogP) is 2.71. The molecule has 0 aromatic heterocycles. The van der Waals surface area contributed by atoms with Crippen molar-refractivity contribution in [3.05, 3.63) is 59.7 Å². The van der Waals surface area contributed by atoms with Crippen molar-refractivity contribution in [2.45, 2.75) is 18.1 Å². The topological polar surface area (TPSA) is 55.8 Å². The normalized spacial score (nSPS) is 28.7. The molecule has 1 spiro atoms. The summed E-state index contributed by atoms with van der Waals surface area (Å²) < 4.78 is 11.2. The van der Waals surface area contributed by atoms with Crippen molar-refractivity contribution in [2.75, 3.05) is 12.0 Å². The van der Waals surface area contributed by atoms with Gasteiger partial charge in [0.2, 0.25) is 0 Å². The molecule has 1 unspecified atom stereocenters. The van der Waals surface area contributed by atoms with Crippen LogP contribution in [0.4, 0.5) is 5.69 Å². The number of methoxy groups -OCH3 is 1. The van der Waals surface area contributed by atoms with E-state index in [-0.39, 0.29) is 23.7 Å². The Morgan fingerprint density at radius 1 is 1.21 bits per heavy atom. The highest BCUT2D eigenvalue weighted by molar-refractivity contribution is 6.12. The number of amides is 1. The van der Waals surface area contributed by atoms with Crippen LogP contribution in [0.15, 0.2) is 48.5 Å². The fraction of sp³-hybridized carbons (Fsp3) is 0.263. The van der Waals surface area contributed by atoms with Gasteiger partial charge >= 0.3 is 5.97 Å². The van der Waals surface area contributed by atoms with Crippen LogP contribution < -0.4 is 9.64 Å². The zero-order valence-electron chi connectivity index (χ0n) is 13.1. The number of nitrogens with zero attached hydrogens (tertiary/aromatic N) is 1. The summed E-state index contributed by atoms with van der Waals surface area (Å²) in [5.74, 6) is -0.163. The highest BCUT2D eigenvalue weighted by atomic mass is 16.5. The Morgan fingerprint density at radius 2 is 1.96 bits per heavy atom. The van der Waals surface area contributed by atoms with Crippen molar-refractivity contribution < 1.29 is 19.1 Å². The number of carbonyl (C=O) groups is 2. The Morgan fingerprint density at radius 3 is 2.79 bits per heavy atom. The quantitative estimate of drug-likeness (QED) is 0.758. The Balaban J connectivity index is 1.73. The maximum atomic E-state index is 13.1. The third kappa shape index (κ3) is 1.40. The zero-order chi connectivity index (χ0) is 16.5. The molecule has 2 aromatic carbocycles. The summed E-state index contributed by atoms with van der Waals surface area (Å²) in [5, 5.41) is 0. The van der Waals surface area contributed by atoms with Gasteiger partial charge in [0.15, 0.2) is 5.72 Å². The minimum absolute atomic E-state index is 0.0740. The SMILES string of the molecule is COC(=O)C1C[C@@]23Oc4ccccc4N2C(=O)c2ccccc2[C@@H]13. The first-order valence-electron chi connectivity index (χ1n) is 7.97. The molecule has 2 aliphatic heterocycles. The maximum absolute atomic E-state index is 13.1. The van der Waals surface area contributed by atoms with Crippen LogP contribution in [0.2, 0.25) is 0 Å². The van der Waals surface area contributed by atoms with Gasteiger partial charge in [0.1, 0.15) is 5.75 Å². The molecule has 120 valence electrons. The largest absolute Gasteiger partial charge is 0.469 e. The monoisotopic (exact) mass is 321 g/mol. The second-order valence-electron chi connectivity index (χ2n) is 6.45. The van der Waals surface area contributed by atoms with E-state index in [2.05, 4.69) is 0 Å². The zero-order valence-corrected chi connectivity index (χ0v) is 13.1. The number of ether oxygens (including phenoxy) is 2. The maximum Gasteiger partial charge on any atom is 0.309 e. The molecule has 2 aromatic rings. The second kappa shape index (κ2) is 4.38. The van der Waals surface area contributed by atoms with E-state index in [1.165, 1.54) is 7.11 Å². The van der Waals surface area contributed by atoms with Crippen LogP contribution in [-0.4, -0.2) is 24.7 Å². The molecule has 0 saturated heterocycles. The van der Waals surface area contributed by atoms with Gasteiger partial charge in [-0.25, -0.2) is 0 Å². The highest BCUT2D eigenvalue weighted by Crippen LogP contribution is 2.63. The summed E-state index contributed by atoms with van der Waals surface area (Å²) in [6, 6.07) is 15.0. The Hall–Kier alpha value is -2.82. The van der Waals surface area contributed by atoms with Crippen LogP contribution in [-0.2, 0) is 9.53 Å². The smallest absolute Gasteiger partial charge is 0.309 e. The summed E-state index contributed by atoms with van der Waals surface area (Å²) in [6.07, 6.45) is 0.444. The molecule has 3 atom stereocenters. The molecule has 5 rings (SSSR count). The van der Waals surface area contributed by atoms with Gasteiger partial charge in [-0.1, -0.05) is 30.3 Å². The average molecular weight is 321 g/mol. The van der Waals surface area contributed by atoms with E-state index >= 15 is 0 Å². The fourth-order valence-electron chi connectivity index (χ4n) is 4.41. The molecular formula is C19H15NO4. The second-order valence-corrected chi connectivity index (χ2v) is 6.45. The molecule has 1 amide bonds. The molecule has 5 heteroatoms. The molecule has 0 bridgehead atoms. The standard InChI is InChI=1S/C19H15NO4/c1-23-18(22)13-10-19-16(13)11-6-2-3-7-12(11)17(21)20(19)14-8-4-5-9-15(14)24-19/h2-9,13,16H,10H2,1H3/t13?,16-,19-/m0/s1. The number of benzene rings is 2. The number of hydrogen-bond acceptors (Lipinski definition) is 4. The minimum atomic E-state index is -0.812. The molecular weight excluding hydrogens is 306 g/mol. The molecule has 5 nitrogen and oxygen atoms in total. The van der Waals surface area contributed by atoms with Gasteiger partial charge < -0.3 is 9.47 Å². The van der Waals surface area contributed by atoms with Gasteiger partial charge in [-0.2, -0.15) is 0 Å². The van der Waals surface area contributed by atoms with Crippen LogP contribution >= 0.6 is 0 Å². The molecule has 3 aliphatic rings. The van der Waals surface area contributed by atoms with Crippen molar-refractivity contribution in [3.8, 4) is 5.75 Å². The van der Waals surface area contributed by atoms with E-state index in [0.29, 0.717) is 17.7 Å². The van der Waals surface area contributed by atoms with Crippen molar-refractivity contribution in [1.82, 2.24) is 0 Å². The lowest BCUT2D eigenvalue weighted by molar-refractivity contribution is -0.161. The van der Waals surface area contributed by atoms with E-state index in [1.807, 2.05) is 48.5 Å². The lowest BCUT2D eigenvalue weighted by Crippen LogP contribution is -2.69. The number of esters is 1. The van der Waals surface area contributed by atoms with Gasteiger partial charge in [-0.3, -0.25) is 14.5 Å². The molecule has 24 heavy (non-hydrogen) atoms. The van der Waals surface area contributed by atoms with Crippen LogP contribution in [0.1, 0.15) is 28.3 Å². The van der Waals surface area contributed by atoms with Crippen LogP contribution in [0, 0.1) is 5.92 Å². The van der Waals surface area contributed by atoms with Gasteiger partial charge in [-0.05, 0) is 23.8 Å². The number of rotatable bonds is 1. The van der Waals surface area contributed by atoms with E-state index in [1.54, 1.807) is 4.90 Å². The summed E-state index contributed by atoms with van der Waals surface area (Å²) >= 11 is 0. The Kier molecular flexibility index (Phi) is 2.48. The third-order valence-corrected chi connectivity index (χ3v) is 5.41. The number of anilines is 1. The van der Waals surface area contributed by atoms with Gasteiger partial charge in [0.25, 0.3) is 5.91 Å². The molecule has 0 radical (unpaired) electrons. The summed E-state index contributed by atoms with van der Waals surface area (Å²) in [5.41, 5.74) is 1.46. The Labute approximate surface area is 138 Å². The molecule has 1 aliphatic carbocycles. The molecule has 1 fully saturated rings. The van der Waals surface area contributed by atoms with Crippen molar-refractivity contribution in [3.63, 3.8) is 0 Å². The average Bonchev–Trinajstić information content (AvgIpc) is 2.95. The lowest BCUT2D eigenvalue weighted by Gasteiger charge is -2.56. The molecule has 1 saturated carbocycles. The van der Waals surface area contributed by atoms with E-state index < -0.39 is 5.72 Å². The highest BCUT2D eigenvalue weighted by Gasteiger charge is 2.70. The van der Waals surface area contributed by atoms with Crippen molar-refractivity contribution in [2.24, 2.45) is 5.92 Å². The summed E-state index contributed by atoms with van der Waals surface area (Å²) in [4.78, 5) is 27.1. The van der Waals surface area contributed by atoms with Crippen LogP contribution in [0.25, 0.3) is 0 Å². The first kappa shape index (κ1) is 13.6. The van der Waals surface area contributed by atoms with E-state index in [0.717, 1.165) is 11.3 Å². The minimum Gasteiger partial charge on any atom is -0.469 e.